The van der Waals surface area contributed by atoms with Crippen LogP contribution in [0.4, 0.5) is 0 Å². The van der Waals surface area contributed by atoms with E-state index in [2.05, 4.69) is 10.2 Å². The van der Waals surface area contributed by atoms with E-state index in [1.54, 1.807) is 4.31 Å². The molecule has 1 aliphatic rings. The highest BCUT2D eigenvalue weighted by atomic mass is 32.2. The number of sulfonamides is 1. The second-order valence-electron chi connectivity index (χ2n) is 5.14. The summed E-state index contributed by atoms with van der Waals surface area (Å²) in [5.41, 5.74) is 0. The highest BCUT2D eigenvalue weighted by Gasteiger charge is 2.31. The predicted molar refractivity (Wildman–Crippen MR) is 75.2 cm³/mol. The molecule has 0 aromatic heterocycles. The topological polar surface area (TPSA) is 52.7 Å². The van der Waals surface area contributed by atoms with E-state index in [0.29, 0.717) is 13.1 Å². The molecule has 0 unspecified atom stereocenters. The number of hydrogen-bond donors (Lipinski definition) is 1. The fraction of sp³-hybridized carbons (Fsp3) is 1.00. The Morgan fingerprint density at radius 3 is 2.28 bits per heavy atom. The quantitative estimate of drug-likeness (QED) is 0.729. The molecule has 0 atom stereocenters. The minimum Gasteiger partial charge on any atom is -0.317 e. The van der Waals surface area contributed by atoms with Gasteiger partial charge in [0.1, 0.15) is 0 Å². The van der Waals surface area contributed by atoms with Gasteiger partial charge in [-0.25, -0.2) is 12.7 Å². The summed E-state index contributed by atoms with van der Waals surface area (Å²) in [6, 6.07) is 0. The first-order valence-electron chi connectivity index (χ1n) is 6.83. The fourth-order valence-corrected chi connectivity index (χ4v) is 4.33. The molecule has 0 saturated carbocycles. The van der Waals surface area contributed by atoms with Crippen molar-refractivity contribution in [1.29, 1.82) is 0 Å². The Balaban J connectivity index is 2.55. The van der Waals surface area contributed by atoms with Crippen molar-refractivity contribution < 1.29 is 8.42 Å². The maximum atomic E-state index is 12.5. The zero-order valence-corrected chi connectivity index (χ0v) is 12.7. The van der Waals surface area contributed by atoms with Gasteiger partial charge in [0.15, 0.2) is 0 Å². The Morgan fingerprint density at radius 2 is 1.78 bits per heavy atom. The van der Waals surface area contributed by atoms with Crippen molar-refractivity contribution >= 4 is 10.0 Å². The molecule has 18 heavy (non-hydrogen) atoms. The summed E-state index contributed by atoms with van der Waals surface area (Å²) in [6.07, 6.45) is 2.38. The molecule has 0 amide bonds. The third-order valence-corrected chi connectivity index (χ3v) is 5.91. The standard InChI is InChI=1S/C12H27N3O2S/c1-4-15(11-5-10-14(2)3)18(16,17)12-6-8-13-9-7-12/h12-13H,4-11H2,1-3H3. The molecule has 1 fully saturated rings. The molecule has 1 aliphatic heterocycles. The van der Waals surface area contributed by atoms with Crippen molar-refractivity contribution in [2.24, 2.45) is 0 Å². The normalized spacial score (nSPS) is 18.7. The maximum Gasteiger partial charge on any atom is 0.217 e. The van der Waals surface area contributed by atoms with Gasteiger partial charge < -0.3 is 10.2 Å². The number of nitrogens with zero attached hydrogens (tertiary/aromatic N) is 2. The average Bonchev–Trinajstić information content (AvgIpc) is 2.35. The van der Waals surface area contributed by atoms with Gasteiger partial charge >= 0.3 is 0 Å². The number of nitrogens with one attached hydrogen (secondary N) is 1. The molecule has 5 nitrogen and oxygen atoms in total. The van der Waals surface area contributed by atoms with Crippen LogP contribution in [0.3, 0.4) is 0 Å². The van der Waals surface area contributed by atoms with E-state index in [0.717, 1.165) is 38.9 Å². The fourth-order valence-electron chi connectivity index (χ4n) is 2.33. The van der Waals surface area contributed by atoms with Gasteiger partial charge in [0.2, 0.25) is 10.0 Å². The Morgan fingerprint density at radius 1 is 1.17 bits per heavy atom. The van der Waals surface area contributed by atoms with Gasteiger partial charge in [0.05, 0.1) is 5.25 Å². The summed E-state index contributed by atoms with van der Waals surface area (Å²) >= 11 is 0. The highest BCUT2D eigenvalue weighted by molar-refractivity contribution is 7.89. The first-order valence-corrected chi connectivity index (χ1v) is 8.33. The van der Waals surface area contributed by atoms with E-state index >= 15 is 0 Å². The third-order valence-electron chi connectivity index (χ3n) is 3.43. The summed E-state index contributed by atoms with van der Waals surface area (Å²) in [5, 5.41) is 3.03. The van der Waals surface area contributed by atoms with E-state index < -0.39 is 10.0 Å². The molecule has 0 aromatic carbocycles. The van der Waals surface area contributed by atoms with Crippen LogP contribution >= 0.6 is 0 Å². The molecule has 1 N–H and O–H groups in total. The van der Waals surface area contributed by atoms with Crippen molar-refractivity contribution in [1.82, 2.24) is 14.5 Å². The van der Waals surface area contributed by atoms with Crippen LogP contribution < -0.4 is 5.32 Å². The Hall–Kier alpha value is -0.170. The zero-order chi connectivity index (χ0) is 13.6. The van der Waals surface area contributed by atoms with Crippen LogP contribution in [0, 0.1) is 0 Å². The zero-order valence-electron chi connectivity index (χ0n) is 11.9. The molecule has 1 heterocycles. The minimum atomic E-state index is -3.10. The number of rotatable bonds is 7. The molecule has 6 heteroatoms. The molecular formula is C12H27N3O2S. The Labute approximate surface area is 112 Å². The van der Waals surface area contributed by atoms with Gasteiger partial charge in [-0.05, 0) is 53.0 Å². The average molecular weight is 277 g/mol. The third kappa shape index (κ3) is 4.50. The van der Waals surface area contributed by atoms with Crippen LogP contribution in [0.15, 0.2) is 0 Å². The lowest BCUT2D eigenvalue weighted by Crippen LogP contribution is -2.44. The Bertz CT molecular complexity index is 324. The maximum absolute atomic E-state index is 12.5. The molecule has 0 spiro atoms. The lowest BCUT2D eigenvalue weighted by Gasteiger charge is -2.29. The molecule has 108 valence electrons. The SMILES string of the molecule is CCN(CCCN(C)C)S(=O)(=O)C1CCNCC1. The molecular weight excluding hydrogens is 250 g/mol. The van der Waals surface area contributed by atoms with Crippen molar-refractivity contribution in [2.75, 3.05) is 46.8 Å². The molecule has 1 rings (SSSR count). The molecule has 0 aromatic rings. The van der Waals surface area contributed by atoms with Crippen molar-refractivity contribution in [2.45, 2.75) is 31.4 Å². The summed E-state index contributed by atoms with van der Waals surface area (Å²) in [4.78, 5) is 2.09. The molecule has 0 radical (unpaired) electrons. The Kier molecular flexibility index (Phi) is 6.55. The van der Waals surface area contributed by atoms with Gasteiger partial charge in [-0.2, -0.15) is 0 Å². The number of hydrogen-bond acceptors (Lipinski definition) is 4. The van der Waals surface area contributed by atoms with Crippen LogP contribution in [0.25, 0.3) is 0 Å². The molecule has 1 saturated heterocycles. The summed E-state index contributed by atoms with van der Waals surface area (Å²) in [6.45, 7) is 5.71. The van der Waals surface area contributed by atoms with E-state index in [-0.39, 0.29) is 5.25 Å². The lowest BCUT2D eigenvalue weighted by atomic mass is 10.2. The lowest BCUT2D eigenvalue weighted by molar-refractivity contribution is 0.350. The second-order valence-corrected chi connectivity index (χ2v) is 7.36. The van der Waals surface area contributed by atoms with Crippen LogP contribution in [0.2, 0.25) is 0 Å². The number of piperidine rings is 1. The monoisotopic (exact) mass is 277 g/mol. The smallest absolute Gasteiger partial charge is 0.217 e. The van der Waals surface area contributed by atoms with Gasteiger partial charge in [0, 0.05) is 13.1 Å². The van der Waals surface area contributed by atoms with Crippen molar-refractivity contribution in [3.05, 3.63) is 0 Å². The predicted octanol–water partition coefficient (Wildman–Crippen LogP) is 0.342. The van der Waals surface area contributed by atoms with Crippen LogP contribution in [0.5, 0.6) is 0 Å². The van der Waals surface area contributed by atoms with Crippen LogP contribution in [0.1, 0.15) is 26.2 Å². The first-order chi connectivity index (χ1) is 8.48. The highest BCUT2D eigenvalue weighted by Crippen LogP contribution is 2.18. The van der Waals surface area contributed by atoms with Gasteiger partial charge in [-0.3, -0.25) is 0 Å². The van der Waals surface area contributed by atoms with Gasteiger partial charge in [-0.15, -0.1) is 0 Å². The largest absolute Gasteiger partial charge is 0.317 e. The molecule has 0 aliphatic carbocycles. The summed E-state index contributed by atoms with van der Waals surface area (Å²) in [7, 11) is 0.926. The van der Waals surface area contributed by atoms with Gasteiger partial charge in [-0.1, -0.05) is 6.92 Å². The van der Waals surface area contributed by atoms with Crippen molar-refractivity contribution in [3.8, 4) is 0 Å². The van der Waals surface area contributed by atoms with Crippen molar-refractivity contribution in [3.63, 3.8) is 0 Å². The molecule has 0 bridgehead atoms. The minimum absolute atomic E-state index is 0.182. The van der Waals surface area contributed by atoms with E-state index in [9.17, 15) is 8.42 Å². The summed E-state index contributed by atoms with van der Waals surface area (Å²) < 4.78 is 26.6. The van der Waals surface area contributed by atoms with Crippen LogP contribution in [-0.4, -0.2) is 69.7 Å². The first kappa shape index (κ1) is 15.9. The van der Waals surface area contributed by atoms with E-state index in [4.69, 9.17) is 0 Å². The van der Waals surface area contributed by atoms with E-state index in [1.165, 1.54) is 0 Å². The summed E-state index contributed by atoms with van der Waals surface area (Å²) in [5.74, 6) is 0. The van der Waals surface area contributed by atoms with Gasteiger partial charge in [0.25, 0.3) is 0 Å². The van der Waals surface area contributed by atoms with Crippen LogP contribution in [-0.2, 0) is 10.0 Å². The van der Waals surface area contributed by atoms with E-state index in [1.807, 2.05) is 21.0 Å². The second kappa shape index (κ2) is 7.43.